The average Bonchev–Trinajstić information content (AvgIpc) is 3.47. The molecule has 0 saturated heterocycles. The van der Waals surface area contributed by atoms with E-state index in [1.165, 1.54) is 54.9 Å². The highest BCUT2D eigenvalue weighted by Crippen LogP contribution is 2.56. The zero-order chi connectivity index (χ0) is 27.7. The molecule has 1 heterocycles. The number of hydrogen-bond acceptors (Lipinski definition) is 2. The first-order valence-corrected chi connectivity index (χ1v) is 14.7. The Hall–Kier alpha value is -4.56. The maximum Gasteiger partial charge on any atom is 0.135 e. The lowest BCUT2D eigenvalue weighted by atomic mass is 9.82. The van der Waals surface area contributed by atoms with E-state index in [-0.39, 0.29) is 5.41 Å². The van der Waals surface area contributed by atoms with E-state index in [2.05, 4.69) is 124 Å². The molecule has 6 aromatic rings. The van der Waals surface area contributed by atoms with Gasteiger partial charge in [0.15, 0.2) is 0 Å². The van der Waals surface area contributed by atoms with Crippen LogP contribution >= 0.6 is 0 Å². The molecule has 2 aliphatic rings. The molecule has 6 aromatic carbocycles. The topological polar surface area (TPSA) is 18.5 Å². The van der Waals surface area contributed by atoms with Crippen LogP contribution in [0.3, 0.4) is 0 Å². The Labute approximate surface area is 241 Å². The summed E-state index contributed by atoms with van der Waals surface area (Å²) in [6, 6.07) is 36.6. The highest BCUT2D eigenvalue weighted by Gasteiger charge is 2.32. The second-order valence-corrected chi connectivity index (χ2v) is 12.4. The maximum atomic E-state index is 6.64. The quantitative estimate of drug-likeness (QED) is 0.225. The zero-order valence-corrected chi connectivity index (χ0v) is 23.8. The molecule has 0 aromatic heterocycles. The van der Waals surface area contributed by atoms with Crippen molar-refractivity contribution in [2.24, 2.45) is 0 Å². The Morgan fingerprint density at radius 2 is 1.34 bits per heavy atom. The molecular weight excluding hydrogens is 500 g/mol. The lowest BCUT2D eigenvalue weighted by Crippen LogP contribution is -2.10. The fourth-order valence-corrected chi connectivity index (χ4v) is 6.90. The highest BCUT2D eigenvalue weighted by atomic mass is 16.5. The van der Waals surface area contributed by atoms with E-state index in [0.29, 0.717) is 0 Å². The summed E-state index contributed by atoms with van der Waals surface area (Å²) >= 11 is 0. The van der Waals surface area contributed by atoms with Crippen LogP contribution in [-0.2, 0) is 18.3 Å². The Morgan fingerprint density at radius 1 is 0.610 bits per heavy atom. The van der Waals surface area contributed by atoms with Crippen LogP contribution in [0, 0.1) is 0 Å². The van der Waals surface area contributed by atoms with Gasteiger partial charge in [0.1, 0.15) is 23.0 Å². The van der Waals surface area contributed by atoms with Gasteiger partial charge in [0.05, 0.1) is 0 Å². The molecule has 2 heteroatoms. The van der Waals surface area contributed by atoms with Crippen molar-refractivity contribution in [3.05, 3.63) is 120 Å². The summed E-state index contributed by atoms with van der Waals surface area (Å²) in [6.07, 6.45) is 3.29. The fourth-order valence-electron chi connectivity index (χ4n) is 6.90. The molecule has 0 fully saturated rings. The average molecular weight is 533 g/mol. The number of benzene rings is 6. The van der Waals surface area contributed by atoms with Gasteiger partial charge in [0.2, 0.25) is 0 Å². The van der Waals surface area contributed by atoms with Gasteiger partial charge in [0, 0.05) is 22.1 Å². The Bertz CT molecular complexity index is 1990. The first-order valence-electron chi connectivity index (χ1n) is 14.7. The number of para-hydroxylation sites is 1. The molecule has 0 bridgehead atoms. The SMILES string of the molecule is CC(C)(C)c1ccc(Oc2ccccc2-c2c3c(c4c5c(cccc25)Oc2ccc5ccccc5c2-4)CCC3)cc1. The van der Waals surface area contributed by atoms with E-state index >= 15 is 0 Å². The van der Waals surface area contributed by atoms with Gasteiger partial charge in [-0.25, -0.2) is 0 Å². The van der Waals surface area contributed by atoms with Crippen LogP contribution in [-0.4, -0.2) is 0 Å². The van der Waals surface area contributed by atoms with Crippen molar-refractivity contribution in [3.8, 4) is 45.3 Å². The predicted molar refractivity (Wildman–Crippen MR) is 170 cm³/mol. The van der Waals surface area contributed by atoms with Crippen molar-refractivity contribution in [1.82, 2.24) is 0 Å². The molecule has 8 rings (SSSR count). The predicted octanol–water partition coefficient (Wildman–Crippen LogP) is 11.0. The van der Waals surface area contributed by atoms with E-state index in [9.17, 15) is 0 Å². The summed E-state index contributed by atoms with van der Waals surface area (Å²) in [5.41, 5.74) is 9.33. The van der Waals surface area contributed by atoms with Crippen LogP contribution in [0.4, 0.5) is 0 Å². The molecule has 0 radical (unpaired) electrons. The van der Waals surface area contributed by atoms with Crippen molar-refractivity contribution in [2.45, 2.75) is 45.4 Å². The third kappa shape index (κ3) is 3.78. The van der Waals surface area contributed by atoms with Crippen LogP contribution in [0.1, 0.15) is 43.9 Å². The monoisotopic (exact) mass is 532 g/mol. The van der Waals surface area contributed by atoms with E-state index in [1.54, 1.807) is 0 Å². The van der Waals surface area contributed by atoms with Gasteiger partial charge in [-0.3, -0.25) is 0 Å². The van der Waals surface area contributed by atoms with Crippen molar-refractivity contribution >= 4 is 21.5 Å². The number of rotatable bonds is 3. The molecule has 1 aliphatic heterocycles. The summed E-state index contributed by atoms with van der Waals surface area (Å²) < 4.78 is 13.3. The summed E-state index contributed by atoms with van der Waals surface area (Å²) in [4.78, 5) is 0. The minimum Gasteiger partial charge on any atom is -0.457 e. The smallest absolute Gasteiger partial charge is 0.135 e. The first-order chi connectivity index (χ1) is 20.0. The Kier molecular flexibility index (Phi) is 5.31. The lowest BCUT2D eigenvalue weighted by Gasteiger charge is -2.27. The van der Waals surface area contributed by atoms with Crippen molar-refractivity contribution in [2.75, 3.05) is 0 Å². The normalized spacial score (nSPS) is 13.6. The Balaban J connectivity index is 1.36. The second-order valence-electron chi connectivity index (χ2n) is 12.4. The maximum absolute atomic E-state index is 6.64. The number of ether oxygens (including phenoxy) is 2. The number of hydrogen-bond donors (Lipinski definition) is 0. The highest BCUT2D eigenvalue weighted by molar-refractivity contribution is 6.17. The molecule has 200 valence electrons. The summed E-state index contributed by atoms with van der Waals surface area (Å²) in [7, 11) is 0. The van der Waals surface area contributed by atoms with Gasteiger partial charge < -0.3 is 9.47 Å². The van der Waals surface area contributed by atoms with Crippen molar-refractivity contribution < 1.29 is 9.47 Å². The molecule has 0 amide bonds. The third-order valence-electron chi connectivity index (χ3n) is 8.83. The van der Waals surface area contributed by atoms with Crippen LogP contribution in [0.2, 0.25) is 0 Å². The molecule has 0 atom stereocenters. The van der Waals surface area contributed by atoms with Crippen LogP contribution in [0.25, 0.3) is 43.8 Å². The largest absolute Gasteiger partial charge is 0.457 e. The van der Waals surface area contributed by atoms with Crippen LogP contribution in [0.5, 0.6) is 23.0 Å². The van der Waals surface area contributed by atoms with Gasteiger partial charge in [-0.1, -0.05) is 93.6 Å². The second kappa shape index (κ2) is 8.97. The molecule has 0 saturated carbocycles. The van der Waals surface area contributed by atoms with E-state index < -0.39 is 0 Å². The molecule has 1 aliphatic carbocycles. The molecular formula is C39H32O2. The number of fused-ring (bicyclic) bond motifs is 6. The van der Waals surface area contributed by atoms with Gasteiger partial charge in [-0.2, -0.15) is 0 Å². The molecule has 2 nitrogen and oxygen atoms in total. The van der Waals surface area contributed by atoms with Crippen molar-refractivity contribution in [3.63, 3.8) is 0 Å². The molecule has 0 spiro atoms. The van der Waals surface area contributed by atoms with Gasteiger partial charge >= 0.3 is 0 Å². The van der Waals surface area contributed by atoms with Gasteiger partial charge in [-0.05, 0) is 93.4 Å². The lowest BCUT2D eigenvalue weighted by molar-refractivity contribution is 0.483. The summed E-state index contributed by atoms with van der Waals surface area (Å²) in [5, 5.41) is 4.95. The minimum atomic E-state index is 0.104. The van der Waals surface area contributed by atoms with E-state index in [1.807, 2.05) is 0 Å². The molecule has 0 unspecified atom stereocenters. The standard InChI is InChI=1S/C39H32O2/c1-39(2,3)25-19-21-26(22-20-25)40-32-16-7-6-12-30(32)35-28-13-8-14-29(28)38-36-27-11-5-4-10-24(27)18-23-34(36)41-33-17-9-15-31(35)37(33)38/h4-7,9-12,15-23H,8,13-14H2,1-3H3. The van der Waals surface area contributed by atoms with E-state index in [4.69, 9.17) is 9.47 Å². The molecule has 0 N–H and O–H groups in total. The zero-order valence-electron chi connectivity index (χ0n) is 23.8. The summed E-state index contributed by atoms with van der Waals surface area (Å²) in [6.45, 7) is 6.71. The Morgan fingerprint density at radius 3 is 2.17 bits per heavy atom. The summed E-state index contributed by atoms with van der Waals surface area (Å²) in [5.74, 6) is 3.63. The van der Waals surface area contributed by atoms with Gasteiger partial charge in [0.25, 0.3) is 0 Å². The minimum absolute atomic E-state index is 0.104. The molecule has 41 heavy (non-hydrogen) atoms. The third-order valence-corrected chi connectivity index (χ3v) is 8.83. The van der Waals surface area contributed by atoms with Crippen LogP contribution in [0.15, 0.2) is 103 Å². The fraction of sp³-hybridized carbons (Fsp3) is 0.179. The first kappa shape index (κ1) is 24.3. The van der Waals surface area contributed by atoms with Gasteiger partial charge in [-0.15, -0.1) is 0 Å². The van der Waals surface area contributed by atoms with Crippen molar-refractivity contribution in [1.29, 1.82) is 0 Å². The van der Waals surface area contributed by atoms with Crippen LogP contribution < -0.4 is 9.47 Å². The van der Waals surface area contributed by atoms with E-state index in [0.717, 1.165) is 47.8 Å².